The summed E-state index contributed by atoms with van der Waals surface area (Å²) in [4.78, 5) is 0. The van der Waals surface area contributed by atoms with Crippen molar-refractivity contribution in [2.45, 2.75) is 0 Å². The van der Waals surface area contributed by atoms with Crippen molar-refractivity contribution >= 4 is 24.3 Å². The molecule has 0 bridgehead atoms. The van der Waals surface area contributed by atoms with Gasteiger partial charge >= 0.3 is 217 Å². The van der Waals surface area contributed by atoms with E-state index in [1.54, 1.807) is 0 Å². The molecule has 0 aliphatic carbocycles. The molecule has 0 spiro atoms. The second-order valence-corrected chi connectivity index (χ2v) is 11.4. The van der Waals surface area contributed by atoms with Crippen molar-refractivity contribution in [2.75, 3.05) is 0 Å². The minimum absolute atomic E-state index is 0.556. The van der Waals surface area contributed by atoms with Gasteiger partial charge in [-0.05, 0) is 0 Å². The van der Waals surface area contributed by atoms with E-state index in [9.17, 15) is 0 Å². The molecule has 5 aromatic carbocycles. The van der Waals surface area contributed by atoms with Gasteiger partial charge in [-0.15, -0.1) is 0 Å². The normalized spacial score (nSPS) is 16.5. The van der Waals surface area contributed by atoms with E-state index >= 15 is 0 Å². The Labute approximate surface area is 216 Å². The molecule has 0 unspecified atom stereocenters. The first-order valence-corrected chi connectivity index (χ1v) is 14.0. The van der Waals surface area contributed by atoms with Crippen molar-refractivity contribution in [2.24, 2.45) is 0 Å². The van der Waals surface area contributed by atoms with E-state index in [1.807, 2.05) is 152 Å². The SMILES string of the molecule is c1ccc(OP2(Oc3ccccc3)(c3ccccc3)OC(c3ccccc3)=C(c3ccccc3)O2)cc1. The zero-order chi connectivity index (χ0) is 25.0. The topological polar surface area (TPSA) is 36.9 Å². The molecular formula is C32H25O4P. The quantitative estimate of drug-likeness (QED) is 0.209. The first-order valence-electron chi connectivity index (χ1n) is 12.1. The third-order valence-corrected chi connectivity index (χ3v) is 9.15. The summed E-state index contributed by atoms with van der Waals surface area (Å²) in [6, 6.07) is 48.5. The van der Waals surface area contributed by atoms with E-state index < -0.39 is 7.51 Å². The molecule has 0 N–H and O–H groups in total. The number of para-hydroxylation sites is 2. The first kappa shape index (κ1) is 22.9. The molecule has 4 nitrogen and oxygen atoms in total. The summed E-state index contributed by atoms with van der Waals surface area (Å²) in [5.41, 5.74) is 1.72. The molecule has 0 fully saturated rings. The Kier molecular flexibility index (Phi) is 5.88. The van der Waals surface area contributed by atoms with Gasteiger partial charge in [0.1, 0.15) is 0 Å². The van der Waals surface area contributed by atoms with Crippen LogP contribution in [0.4, 0.5) is 0 Å². The van der Waals surface area contributed by atoms with Crippen LogP contribution in [0.5, 0.6) is 11.5 Å². The van der Waals surface area contributed by atoms with Crippen molar-refractivity contribution in [3.05, 3.63) is 163 Å². The molecule has 0 amide bonds. The average molecular weight is 505 g/mol. The first-order chi connectivity index (χ1) is 18.2. The molecule has 6 rings (SSSR count). The third kappa shape index (κ3) is 4.33. The summed E-state index contributed by atoms with van der Waals surface area (Å²) in [6.07, 6.45) is 0. The zero-order valence-electron chi connectivity index (χ0n) is 20.0. The van der Waals surface area contributed by atoms with Gasteiger partial charge in [0.15, 0.2) is 0 Å². The van der Waals surface area contributed by atoms with Crippen LogP contribution >= 0.6 is 7.51 Å². The van der Waals surface area contributed by atoms with E-state index in [4.69, 9.17) is 18.1 Å². The van der Waals surface area contributed by atoms with Gasteiger partial charge in [0, 0.05) is 0 Å². The molecule has 1 aliphatic rings. The fourth-order valence-electron chi connectivity index (χ4n) is 4.26. The van der Waals surface area contributed by atoms with E-state index in [0.29, 0.717) is 28.3 Å². The Morgan fingerprint density at radius 2 is 0.703 bits per heavy atom. The van der Waals surface area contributed by atoms with Crippen molar-refractivity contribution in [1.82, 2.24) is 0 Å². The van der Waals surface area contributed by atoms with E-state index in [0.717, 1.165) is 11.1 Å². The number of hydrogen-bond acceptors (Lipinski definition) is 4. The second-order valence-electron chi connectivity index (χ2n) is 8.53. The van der Waals surface area contributed by atoms with Crippen LogP contribution in [0.15, 0.2) is 152 Å². The van der Waals surface area contributed by atoms with Gasteiger partial charge < -0.3 is 0 Å². The summed E-state index contributed by atoms with van der Waals surface area (Å²) in [6.45, 7) is 0. The Hall–Kier alpha value is -4.53. The molecule has 0 saturated carbocycles. The van der Waals surface area contributed by atoms with E-state index in [-0.39, 0.29) is 0 Å². The van der Waals surface area contributed by atoms with Gasteiger partial charge in [0.25, 0.3) is 0 Å². The fourth-order valence-corrected chi connectivity index (χ4v) is 7.55. The molecule has 0 aromatic heterocycles. The van der Waals surface area contributed by atoms with Gasteiger partial charge in [-0.1, -0.05) is 0 Å². The van der Waals surface area contributed by atoms with Gasteiger partial charge in [0.2, 0.25) is 0 Å². The molecule has 0 radical (unpaired) electrons. The number of benzene rings is 5. The van der Waals surface area contributed by atoms with Crippen LogP contribution in [-0.2, 0) is 9.05 Å². The molecule has 1 aliphatic heterocycles. The molecule has 5 aromatic rings. The van der Waals surface area contributed by atoms with Gasteiger partial charge in [-0.3, -0.25) is 0 Å². The van der Waals surface area contributed by atoms with E-state index in [1.165, 1.54) is 0 Å². The van der Waals surface area contributed by atoms with Crippen LogP contribution < -0.4 is 14.4 Å². The Morgan fingerprint density at radius 1 is 0.378 bits per heavy atom. The van der Waals surface area contributed by atoms with E-state index in [2.05, 4.69) is 0 Å². The molecule has 1 heterocycles. The molecular weight excluding hydrogens is 479 g/mol. The van der Waals surface area contributed by atoms with Gasteiger partial charge in [0.05, 0.1) is 0 Å². The maximum atomic E-state index is 7.03. The molecule has 37 heavy (non-hydrogen) atoms. The molecule has 0 atom stereocenters. The van der Waals surface area contributed by atoms with Crippen LogP contribution in [0.25, 0.3) is 11.5 Å². The molecule has 0 saturated heterocycles. The van der Waals surface area contributed by atoms with Crippen LogP contribution in [0.2, 0.25) is 0 Å². The summed E-state index contributed by atoms with van der Waals surface area (Å²) in [5.74, 6) is 2.25. The fraction of sp³-hybridized carbons (Fsp3) is 0. The van der Waals surface area contributed by atoms with Crippen LogP contribution in [-0.4, -0.2) is 0 Å². The monoisotopic (exact) mass is 504 g/mol. The molecule has 182 valence electrons. The Bertz CT molecular complexity index is 1410. The average Bonchev–Trinajstić information content (AvgIpc) is 3.32. The summed E-state index contributed by atoms with van der Waals surface area (Å²) in [7, 11) is -4.63. The summed E-state index contributed by atoms with van der Waals surface area (Å²) < 4.78 is 27.8. The minimum atomic E-state index is -4.63. The van der Waals surface area contributed by atoms with Crippen molar-refractivity contribution in [3.8, 4) is 11.5 Å². The Morgan fingerprint density at radius 3 is 1.08 bits per heavy atom. The van der Waals surface area contributed by atoms with Crippen molar-refractivity contribution in [1.29, 1.82) is 0 Å². The number of hydrogen-bond donors (Lipinski definition) is 0. The van der Waals surface area contributed by atoms with Crippen LogP contribution in [0.3, 0.4) is 0 Å². The van der Waals surface area contributed by atoms with Crippen molar-refractivity contribution < 1.29 is 18.1 Å². The predicted octanol–water partition coefficient (Wildman–Crippen LogP) is 8.26. The standard InChI is InChI=1S/C32H25O4P/c1-6-16-26(17-7-1)31-32(27-18-8-2-9-19-27)36-37(35-31,30-24-14-5-15-25-30,33-28-20-10-3-11-21-28)34-29-22-12-4-13-23-29/h1-25H. The van der Waals surface area contributed by atoms with Gasteiger partial charge in [-0.2, -0.15) is 0 Å². The van der Waals surface area contributed by atoms with Gasteiger partial charge in [-0.25, -0.2) is 0 Å². The molecule has 5 heteroatoms. The zero-order valence-corrected chi connectivity index (χ0v) is 20.9. The Balaban J connectivity index is 1.63. The van der Waals surface area contributed by atoms with Crippen molar-refractivity contribution in [3.63, 3.8) is 0 Å². The predicted molar refractivity (Wildman–Crippen MR) is 149 cm³/mol. The van der Waals surface area contributed by atoms with Crippen LogP contribution in [0.1, 0.15) is 11.1 Å². The summed E-state index contributed by atoms with van der Waals surface area (Å²) >= 11 is 0. The summed E-state index contributed by atoms with van der Waals surface area (Å²) in [5, 5.41) is 0.667. The third-order valence-electron chi connectivity index (χ3n) is 5.97. The second kappa shape index (κ2) is 9.50. The maximum absolute atomic E-state index is 7.03. The van der Waals surface area contributed by atoms with Crippen LogP contribution in [0, 0.1) is 0 Å². The number of rotatable bonds is 7.